The molecule has 0 saturated heterocycles. The molecule has 2 aromatic heterocycles. The zero-order valence-electron chi connectivity index (χ0n) is 11.7. The van der Waals surface area contributed by atoms with Gasteiger partial charge in [0.15, 0.2) is 0 Å². The summed E-state index contributed by atoms with van der Waals surface area (Å²) in [5.41, 5.74) is 1.34. The lowest BCUT2D eigenvalue weighted by Gasteiger charge is -2.03. The van der Waals surface area contributed by atoms with E-state index in [0.717, 1.165) is 23.7 Å². The summed E-state index contributed by atoms with van der Waals surface area (Å²) in [5, 5.41) is 11.8. The molecule has 6 nitrogen and oxygen atoms in total. The van der Waals surface area contributed by atoms with E-state index in [9.17, 15) is 4.79 Å². The molecule has 2 N–H and O–H groups in total. The van der Waals surface area contributed by atoms with Crippen LogP contribution in [0.2, 0.25) is 0 Å². The average Bonchev–Trinajstić information content (AvgIpc) is 2.93. The monoisotopic (exact) mass is 284 g/mol. The minimum absolute atomic E-state index is 0.116. The molecule has 3 rings (SSSR count). The molecule has 0 bridgehead atoms. The van der Waals surface area contributed by atoms with Gasteiger partial charge in [-0.3, -0.25) is 4.79 Å². The Morgan fingerprint density at radius 1 is 1.29 bits per heavy atom. The summed E-state index contributed by atoms with van der Waals surface area (Å²) in [4.78, 5) is 14.9. The SMILES string of the molecule is CCCc1nnc(NCc2cc3ccccc3[nH]c2=O)o1. The lowest BCUT2D eigenvalue weighted by molar-refractivity contribution is 0.501. The van der Waals surface area contributed by atoms with Crippen molar-refractivity contribution in [2.45, 2.75) is 26.3 Å². The summed E-state index contributed by atoms with van der Waals surface area (Å²) in [6.45, 7) is 2.39. The highest BCUT2D eigenvalue weighted by Gasteiger charge is 2.07. The van der Waals surface area contributed by atoms with Crippen molar-refractivity contribution in [3.8, 4) is 0 Å². The van der Waals surface area contributed by atoms with Crippen LogP contribution in [0.3, 0.4) is 0 Å². The van der Waals surface area contributed by atoms with Gasteiger partial charge in [-0.15, -0.1) is 5.10 Å². The van der Waals surface area contributed by atoms with E-state index < -0.39 is 0 Å². The zero-order chi connectivity index (χ0) is 14.7. The van der Waals surface area contributed by atoms with E-state index in [1.54, 1.807) is 0 Å². The summed E-state index contributed by atoms with van der Waals surface area (Å²) < 4.78 is 5.43. The fraction of sp³-hybridized carbons (Fsp3) is 0.267. The first-order valence-corrected chi connectivity index (χ1v) is 6.93. The number of pyridine rings is 1. The molecule has 0 saturated carbocycles. The zero-order valence-corrected chi connectivity index (χ0v) is 11.7. The molecule has 2 heterocycles. The number of H-pyrrole nitrogens is 1. The third-order valence-electron chi connectivity index (χ3n) is 3.19. The first kappa shape index (κ1) is 13.4. The summed E-state index contributed by atoms with van der Waals surface area (Å²) in [6, 6.07) is 9.87. The van der Waals surface area contributed by atoms with Crippen molar-refractivity contribution in [3.05, 3.63) is 52.1 Å². The molecule has 0 aliphatic carbocycles. The maximum Gasteiger partial charge on any atom is 0.315 e. The van der Waals surface area contributed by atoms with Crippen LogP contribution >= 0.6 is 0 Å². The molecule has 0 aliphatic rings. The highest BCUT2D eigenvalue weighted by atomic mass is 16.4. The predicted molar refractivity (Wildman–Crippen MR) is 80.2 cm³/mol. The van der Waals surface area contributed by atoms with Crippen molar-refractivity contribution < 1.29 is 4.42 Å². The Morgan fingerprint density at radius 2 is 2.14 bits per heavy atom. The standard InChI is InChI=1S/C15H16N4O2/c1-2-5-13-18-19-15(21-13)16-9-11-8-10-6-3-4-7-12(10)17-14(11)20/h3-4,6-8H,2,5,9H2,1H3,(H,16,19)(H,17,20). The Balaban J connectivity index is 1.78. The van der Waals surface area contributed by atoms with Crippen molar-refractivity contribution in [2.75, 3.05) is 5.32 Å². The van der Waals surface area contributed by atoms with Crippen LogP contribution in [0.5, 0.6) is 0 Å². The highest BCUT2D eigenvalue weighted by Crippen LogP contribution is 2.12. The Labute approximate surface area is 121 Å². The molecular weight excluding hydrogens is 268 g/mol. The van der Waals surface area contributed by atoms with Gasteiger partial charge in [0.05, 0.1) is 0 Å². The third kappa shape index (κ3) is 2.94. The Kier molecular flexibility index (Phi) is 3.68. The Bertz CT molecular complexity index is 807. The van der Waals surface area contributed by atoms with Gasteiger partial charge in [-0.2, -0.15) is 0 Å². The minimum atomic E-state index is -0.116. The second kappa shape index (κ2) is 5.78. The molecule has 1 aromatic carbocycles. The summed E-state index contributed by atoms with van der Waals surface area (Å²) in [7, 11) is 0. The highest BCUT2D eigenvalue weighted by molar-refractivity contribution is 5.78. The van der Waals surface area contributed by atoms with Gasteiger partial charge in [0.2, 0.25) is 5.89 Å². The van der Waals surface area contributed by atoms with Gasteiger partial charge >= 0.3 is 6.01 Å². The molecule has 0 spiro atoms. The molecule has 6 heteroatoms. The van der Waals surface area contributed by atoms with Gasteiger partial charge in [0.1, 0.15) is 0 Å². The molecule has 0 unspecified atom stereocenters. The van der Waals surface area contributed by atoms with Crippen LogP contribution in [0.4, 0.5) is 6.01 Å². The summed E-state index contributed by atoms with van der Waals surface area (Å²) >= 11 is 0. The van der Waals surface area contributed by atoms with Crippen LogP contribution in [0.15, 0.2) is 39.5 Å². The average molecular weight is 284 g/mol. The fourth-order valence-corrected chi connectivity index (χ4v) is 2.13. The molecule has 0 atom stereocenters. The van der Waals surface area contributed by atoms with Crippen LogP contribution < -0.4 is 10.9 Å². The van der Waals surface area contributed by atoms with Crippen LogP contribution in [-0.2, 0) is 13.0 Å². The third-order valence-corrected chi connectivity index (χ3v) is 3.19. The number of benzene rings is 1. The van der Waals surface area contributed by atoms with Gasteiger partial charge in [0, 0.05) is 24.0 Å². The largest absolute Gasteiger partial charge is 0.408 e. The summed E-state index contributed by atoms with van der Waals surface area (Å²) in [5.74, 6) is 0.604. The number of hydrogen-bond acceptors (Lipinski definition) is 5. The van der Waals surface area contributed by atoms with E-state index in [0.29, 0.717) is 24.0 Å². The molecule has 108 valence electrons. The molecule has 3 aromatic rings. The minimum Gasteiger partial charge on any atom is -0.408 e. The van der Waals surface area contributed by atoms with Crippen LogP contribution in [0, 0.1) is 0 Å². The number of aromatic nitrogens is 3. The number of para-hydroxylation sites is 1. The normalized spacial score (nSPS) is 10.9. The fourth-order valence-electron chi connectivity index (χ4n) is 2.13. The van der Waals surface area contributed by atoms with E-state index in [1.807, 2.05) is 37.3 Å². The van der Waals surface area contributed by atoms with Crippen molar-refractivity contribution in [3.63, 3.8) is 0 Å². The number of rotatable bonds is 5. The van der Waals surface area contributed by atoms with E-state index in [-0.39, 0.29) is 5.56 Å². The number of aromatic amines is 1. The van der Waals surface area contributed by atoms with Crippen molar-refractivity contribution in [1.82, 2.24) is 15.2 Å². The second-order valence-electron chi connectivity index (χ2n) is 4.82. The number of nitrogens with zero attached hydrogens (tertiary/aromatic N) is 2. The maximum atomic E-state index is 12.0. The van der Waals surface area contributed by atoms with E-state index in [4.69, 9.17) is 4.42 Å². The quantitative estimate of drug-likeness (QED) is 0.752. The van der Waals surface area contributed by atoms with Crippen LogP contribution in [0.1, 0.15) is 24.8 Å². The first-order valence-electron chi connectivity index (χ1n) is 6.93. The van der Waals surface area contributed by atoms with E-state index >= 15 is 0 Å². The van der Waals surface area contributed by atoms with Gasteiger partial charge in [-0.05, 0) is 23.9 Å². The number of fused-ring (bicyclic) bond motifs is 1. The van der Waals surface area contributed by atoms with E-state index in [2.05, 4.69) is 20.5 Å². The van der Waals surface area contributed by atoms with Gasteiger partial charge < -0.3 is 14.7 Å². The van der Waals surface area contributed by atoms with Crippen LogP contribution in [-0.4, -0.2) is 15.2 Å². The number of anilines is 1. The number of nitrogens with one attached hydrogen (secondary N) is 2. The second-order valence-corrected chi connectivity index (χ2v) is 4.82. The molecule has 0 aliphatic heterocycles. The van der Waals surface area contributed by atoms with Gasteiger partial charge in [0.25, 0.3) is 5.56 Å². The molecule has 0 radical (unpaired) electrons. The molecule has 21 heavy (non-hydrogen) atoms. The van der Waals surface area contributed by atoms with E-state index in [1.165, 1.54) is 0 Å². The smallest absolute Gasteiger partial charge is 0.315 e. The Morgan fingerprint density at radius 3 is 3.00 bits per heavy atom. The lowest BCUT2D eigenvalue weighted by atomic mass is 10.1. The van der Waals surface area contributed by atoms with Crippen LogP contribution in [0.25, 0.3) is 10.9 Å². The number of aryl methyl sites for hydroxylation is 1. The molecule has 0 fully saturated rings. The Hall–Kier alpha value is -2.63. The molecular formula is C15H16N4O2. The van der Waals surface area contributed by atoms with Crippen molar-refractivity contribution in [1.29, 1.82) is 0 Å². The van der Waals surface area contributed by atoms with Crippen molar-refractivity contribution >= 4 is 16.9 Å². The maximum absolute atomic E-state index is 12.0. The topological polar surface area (TPSA) is 83.8 Å². The van der Waals surface area contributed by atoms with Gasteiger partial charge in [-0.25, -0.2) is 0 Å². The first-order chi connectivity index (χ1) is 10.3. The number of hydrogen-bond donors (Lipinski definition) is 2. The van der Waals surface area contributed by atoms with Gasteiger partial charge in [-0.1, -0.05) is 30.2 Å². The van der Waals surface area contributed by atoms with Crippen molar-refractivity contribution in [2.24, 2.45) is 0 Å². The predicted octanol–water partition coefficient (Wildman–Crippen LogP) is 2.48. The summed E-state index contributed by atoms with van der Waals surface area (Å²) in [6.07, 6.45) is 1.71. The lowest BCUT2D eigenvalue weighted by Crippen LogP contribution is -2.15. The molecule has 0 amide bonds.